The summed E-state index contributed by atoms with van der Waals surface area (Å²) < 4.78 is 0. The number of nitrogens with zero attached hydrogens (tertiary/aromatic N) is 3. The van der Waals surface area contributed by atoms with Gasteiger partial charge in [0.05, 0.1) is 5.69 Å². The standard InChI is InChI=1S/C13H11N3O/c1-2-17-16-12-10-6-4-3-5-9(10)11-13(12)15-8-7-14-11/h3-8H,2H2,1H3/b16-12+. The zero-order chi connectivity index (χ0) is 11.7. The van der Waals surface area contributed by atoms with Crippen LogP contribution in [0.4, 0.5) is 0 Å². The highest BCUT2D eigenvalue weighted by molar-refractivity contribution is 6.22. The lowest BCUT2D eigenvalue weighted by molar-refractivity contribution is 0.159. The number of oxime groups is 1. The van der Waals surface area contributed by atoms with E-state index in [2.05, 4.69) is 15.1 Å². The maximum absolute atomic E-state index is 5.15. The minimum atomic E-state index is 0.543. The van der Waals surface area contributed by atoms with E-state index in [0.29, 0.717) is 6.61 Å². The van der Waals surface area contributed by atoms with Crippen LogP contribution in [0.1, 0.15) is 18.2 Å². The zero-order valence-corrected chi connectivity index (χ0v) is 9.42. The number of hydrogen-bond donors (Lipinski definition) is 0. The molecule has 0 N–H and O–H groups in total. The predicted octanol–water partition coefficient (Wildman–Crippen LogP) is 2.25. The van der Waals surface area contributed by atoms with E-state index >= 15 is 0 Å². The van der Waals surface area contributed by atoms with Crippen LogP contribution in [0.2, 0.25) is 0 Å². The second-order valence-corrected chi connectivity index (χ2v) is 3.66. The van der Waals surface area contributed by atoms with E-state index in [1.165, 1.54) is 0 Å². The summed E-state index contributed by atoms with van der Waals surface area (Å²) in [6, 6.07) is 8.00. The Morgan fingerprint density at radius 3 is 2.53 bits per heavy atom. The average molecular weight is 225 g/mol. The van der Waals surface area contributed by atoms with Crippen molar-refractivity contribution in [3.63, 3.8) is 0 Å². The molecule has 0 spiro atoms. The Morgan fingerprint density at radius 2 is 1.76 bits per heavy atom. The van der Waals surface area contributed by atoms with E-state index in [0.717, 1.165) is 28.2 Å². The normalized spacial score (nSPS) is 14.5. The van der Waals surface area contributed by atoms with Crippen molar-refractivity contribution in [2.24, 2.45) is 5.16 Å². The van der Waals surface area contributed by atoms with Gasteiger partial charge in [-0.05, 0) is 6.92 Å². The fraction of sp³-hybridized carbons (Fsp3) is 0.154. The molecule has 1 aliphatic rings. The highest BCUT2D eigenvalue weighted by Crippen LogP contribution is 2.33. The second-order valence-electron chi connectivity index (χ2n) is 3.66. The van der Waals surface area contributed by atoms with Crippen LogP contribution in [0.15, 0.2) is 41.8 Å². The molecular weight excluding hydrogens is 214 g/mol. The van der Waals surface area contributed by atoms with Crippen molar-refractivity contribution >= 4 is 5.71 Å². The van der Waals surface area contributed by atoms with Crippen molar-refractivity contribution in [3.05, 3.63) is 47.9 Å². The molecule has 1 aromatic heterocycles. The topological polar surface area (TPSA) is 47.4 Å². The molecule has 0 fully saturated rings. The largest absolute Gasteiger partial charge is 0.396 e. The van der Waals surface area contributed by atoms with Crippen LogP contribution in [0, 0.1) is 0 Å². The van der Waals surface area contributed by atoms with Gasteiger partial charge < -0.3 is 4.84 Å². The molecule has 1 heterocycles. The molecule has 17 heavy (non-hydrogen) atoms. The number of benzene rings is 1. The lowest BCUT2D eigenvalue weighted by atomic mass is 10.1. The second kappa shape index (κ2) is 3.97. The molecule has 3 rings (SSSR count). The van der Waals surface area contributed by atoms with Gasteiger partial charge in [0.25, 0.3) is 0 Å². The summed E-state index contributed by atoms with van der Waals surface area (Å²) >= 11 is 0. The fourth-order valence-corrected chi connectivity index (χ4v) is 1.95. The molecule has 0 aliphatic heterocycles. The van der Waals surface area contributed by atoms with E-state index in [4.69, 9.17) is 4.84 Å². The first-order chi connectivity index (χ1) is 8.42. The van der Waals surface area contributed by atoms with Crippen LogP contribution in [0.25, 0.3) is 11.3 Å². The third kappa shape index (κ3) is 1.49. The summed E-state index contributed by atoms with van der Waals surface area (Å²) in [5.74, 6) is 0. The Kier molecular flexibility index (Phi) is 2.33. The van der Waals surface area contributed by atoms with Crippen LogP contribution in [0.3, 0.4) is 0 Å². The van der Waals surface area contributed by atoms with Crippen molar-refractivity contribution in [1.29, 1.82) is 0 Å². The van der Waals surface area contributed by atoms with Crippen LogP contribution < -0.4 is 0 Å². The van der Waals surface area contributed by atoms with E-state index in [-0.39, 0.29) is 0 Å². The lowest BCUT2D eigenvalue weighted by Gasteiger charge is -1.99. The molecule has 4 heteroatoms. The molecule has 0 radical (unpaired) electrons. The quantitative estimate of drug-likeness (QED) is 0.628. The van der Waals surface area contributed by atoms with Crippen molar-refractivity contribution in [2.45, 2.75) is 6.92 Å². The van der Waals surface area contributed by atoms with Crippen molar-refractivity contribution < 1.29 is 4.84 Å². The molecule has 0 amide bonds. The van der Waals surface area contributed by atoms with E-state index in [1.54, 1.807) is 12.4 Å². The lowest BCUT2D eigenvalue weighted by Crippen LogP contribution is -2.02. The summed E-state index contributed by atoms with van der Waals surface area (Å²) in [5, 5.41) is 4.14. The molecule has 1 aromatic carbocycles. The van der Waals surface area contributed by atoms with Gasteiger partial charge in [0.1, 0.15) is 18.0 Å². The summed E-state index contributed by atoms with van der Waals surface area (Å²) in [5.41, 5.74) is 4.53. The van der Waals surface area contributed by atoms with Crippen molar-refractivity contribution in [3.8, 4) is 11.3 Å². The molecule has 84 valence electrons. The molecule has 0 bridgehead atoms. The maximum Gasteiger partial charge on any atom is 0.138 e. The van der Waals surface area contributed by atoms with E-state index < -0.39 is 0 Å². The fourth-order valence-electron chi connectivity index (χ4n) is 1.95. The smallest absolute Gasteiger partial charge is 0.138 e. The Hall–Kier alpha value is -2.23. The highest BCUT2D eigenvalue weighted by atomic mass is 16.6. The van der Waals surface area contributed by atoms with Crippen LogP contribution in [-0.4, -0.2) is 22.3 Å². The molecule has 1 aliphatic carbocycles. The van der Waals surface area contributed by atoms with Gasteiger partial charge in [0.2, 0.25) is 0 Å². The van der Waals surface area contributed by atoms with Crippen molar-refractivity contribution in [2.75, 3.05) is 6.61 Å². The molecule has 4 nitrogen and oxygen atoms in total. The monoisotopic (exact) mass is 225 g/mol. The third-order valence-corrected chi connectivity index (χ3v) is 2.64. The van der Waals surface area contributed by atoms with Gasteiger partial charge in [0, 0.05) is 23.5 Å². The Labute approximate surface area is 99.0 Å². The van der Waals surface area contributed by atoms with E-state index in [9.17, 15) is 0 Å². The van der Waals surface area contributed by atoms with E-state index in [1.807, 2.05) is 31.2 Å². The van der Waals surface area contributed by atoms with Gasteiger partial charge in [-0.25, -0.2) is 0 Å². The van der Waals surface area contributed by atoms with Gasteiger partial charge in [-0.1, -0.05) is 29.4 Å². The Bertz CT molecular complexity index is 545. The van der Waals surface area contributed by atoms with Gasteiger partial charge in [0.15, 0.2) is 0 Å². The third-order valence-electron chi connectivity index (χ3n) is 2.64. The summed E-state index contributed by atoms with van der Waals surface area (Å²) in [4.78, 5) is 13.8. The first-order valence-corrected chi connectivity index (χ1v) is 5.53. The molecule has 2 aromatic rings. The number of hydrogen-bond acceptors (Lipinski definition) is 4. The van der Waals surface area contributed by atoms with Crippen LogP contribution >= 0.6 is 0 Å². The molecular formula is C13H11N3O. The number of aromatic nitrogens is 2. The summed E-state index contributed by atoms with van der Waals surface area (Å²) in [7, 11) is 0. The van der Waals surface area contributed by atoms with Gasteiger partial charge in [-0.3, -0.25) is 9.97 Å². The predicted molar refractivity (Wildman–Crippen MR) is 64.7 cm³/mol. The van der Waals surface area contributed by atoms with Crippen LogP contribution in [-0.2, 0) is 4.84 Å². The Balaban J connectivity index is 2.24. The Morgan fingerprint density at radius 1 is 1.06 bits per heavy atom. The SMILES string of the molecule is CCO/N=C1\c2ccccc2-c2nccnc21. The number of rotatable bonds is 2. The summed E-state index contributed by atoms with van der Waals surface area (Å²) in [6.45, 7) is 2.45. The maximum atomic E-state index is 5.15. The van der Waals surface area contributed by atoms with Crippen molar-refractivity contribution in [1.82, 2.24) is 9.97 Å². The molecule has 0 saturated heterocycles. The minimum Gasteiger partial charge on any atom is -0.396 e. The molecule has 0 unspecified atom stereocenters. The van der Waals surface area contributed by atoms with Gasteiger partial charge >= 0.3 is 0 Å². The minimum absolute atomic E-state index is 0.543. The van der Waals surface area contributed by atoms with Crippen LogP contribution in [0.5, 0.6) is 0 Å². The summed E-state index contributed by atoms with van der Waals surface area (Å²) in [6.07, 6.45) is 3.37. The zero-order valence-electron chi connectivity index (χ0n) is 9.42. The molecule has 0 atom stereocenters. The molecule has 0 saturated carbocycles. The highest BCUT2D eigenvalue weighted by Gasteiger charge is 2.27. The van der Waals surface area contributed by atoms with Gasteiger partial charge in [-0.2, -0.15) is 0 Å². The average Bonchev–Trinajstić information content (AvgIpc) is 2.71. The first kappa shape index (κ1) is 9.96. The first-order valence-electron chi connectivity index (χ1n) is 5.53. The number of fused-ring (bicyclic) bond motifs is 3. The van der Waals surface area contributed by atoms with Gasteiger partial charge in [-0.15, -0.1) is 0 Å².